The Morgan fingerprint density at radius 3 is 2.86 bits per heavy atom. The van der Waals surface area contributed by atoms with Crippen molar-refractivity contribution < 1.29 is 14.6 Å². The van der Waals surface area contributed by atoms with Crippen LogP contribution in [0.15, 0.2) is 29.1 Å². The second-order valence-corrected chi connectivity index (χ2v) is 8.52. The number of carboxylic acid groups (broad SMARTS) is 1. The Balaban J connectivity index is 1.78. The number of hydrogen-bond acceptors (Lipinski definition) is 6. The van der Waals surface area contributed by atoms with E-state index in [1.165, 1.54) is 4.88 Å². The molecular weight excluding hydrogens is 396 g/mol. The lowest BCUT2D eigenvalue weighted by Gasteiger charge is -2.07. The van der Waals surface area contributed by atoms with Crippen molar-refractivity contribution in [2.75, 3.05) is 12.9 Å². The number of carboxylic acids is 1. The predicted molar refractivity (Wildman–Crippen MR) is 113 cm³/mol. The van der Waals surface area contributed by atoms with Crippen LogP contribution in [0.1, 0.15) is 28.2 Å². The Bertz CT molecular complexity index is 1130. The van der Waals surface area contributed by atoms with Crippen LogP contribution in [-0.2, 0) is 17.6 Å². The van der Waals surface area contributed by atoms with Crippen LogP contribution in [0.5, 0.6) is 5.75 Å². The van der Waals surface area contributed by atoms with E-state index in [-0.39, 0.29) is 11.3 Å². The number of aromatic nitrogens is 2. The lowest BCUT2D eigenvalue weighted by molar-refractivity contribution is -0.133. The van der Waals surface area contributed by atoms with Crippen LogP contribution < -0.4 is 10.3 Å². The van der Waals surface area contributed by atoms with Crippen molar-refractivity contribution in [2.24, 2.45) is 0 Å². The molecule has 1 aliphatic rings. The quantitative estimate of drug-likeness (QED) is 0.637. The number of H-pyrrole nitrogens is 1. The molecule has 2 heterocycles. The van der Waals surface area contributed by atoms with Gasteiger partial charge in [0.2, 0.25) is 0 Å². The van der Waals surface area contributed by atoms with Gasteiger partial charge in [-0.25, -0.2) is 4.98 Å². The molecule has 0 amide bonds. The van der Waals surface area contributed by atoms with Crippen molar-refractivity contribution in [3.05, 3.63) is 56.4 Å². The Kier molecular flexibility index (Phi) is 5.23. The lowest BCUT2D eigenvalue weighted by Crippen LogP contribution is -2.11. The summed E-state index contributed by atoms with van der Waals surface area (Å²) in [5.41, 5.74) is 1.83. The van der Waals surface area contributed by atoms with Crippen molar-refractivity contribution in [3.63, 3.8) is 0 Å². The van der Waals surface area contributed by atoms with Gasteiger partial charge in [-0.15, -0.1) is 23.1 Å². The number of carbonyl (C=O) groups is 1. The minimum atomic E-state index is -0.927. The van der Waals surface area contributed by atoms with Crippen LogP contribution in [0, 0.1) is 0 Å². The van der Waals surface area contributed by atoms with Crippen molar-refractivity contribution in [2.45, 2.75) is 19.3 Å². The number of aryl methyl sites for hydroxylation is 2. The summed E-state index contributed by atoms with van der Waals surface area (Å²) in [4.78, 5) is 33.9. The zero-order chi connectivity index (χ0) is 19.7. The average Bonchev–Trinajstić information content (AvgIpc) is 3.26. The molecule has 144 valence electrons. The smallest absolute Gasteiger partial charge is 0.313 e. The zero-order valence-corrected chi connectivity index (χ0v) is 16.8. The van der Waals surface area contributed by atoms with Gasteiger partial charge < -0.3 is 14.8 Å². The summed E-state index contributed by atoms with van der Waals surface area (Å²) in [7, 11) is 1.60. The van der Waals surface area contributed by atoms with E-state index in [2.05, 4.69) is 9.97 Å². The molecule has 0 atom stereocenters. The molecule has 0 spiro atoms. The predicted octanol–water partition coefficient (Wildman–Crippen LogP) is 3.80. The number of thiophene rings is 1. The molecule has 0 fully saturated rings. The van der Waals surface area contributed by atoms with Crippen molar-refractivity contribution in [3.8, 4) is 5.75 Å². The highest BCUT2D eigenvalue weighted by molar-refractivity contribution is 8.09. The number of ether oxygens (including phenoxy) is 1. The van der Waals surface area contributed by atoms with E-state index in [9.17, 15) is 9.59 Å². The maximum atomic E-state index is 12.7. The molecule has 1 aromatic carbocycles. The summed E-state index contributed by atoms with van der Waals surface area (Å²) in [6.45, 7) is 0. The van der Waals surface area contributed by atoms with Crippen LogP contribution in [0.4, 0.5) is 0 Å². The largest absolute Gasteiger partial charge is 0.497 e. The molecule has 28 heavy (non-hydrogen) atoms. The summed E-state index contributed by atoms with van der Waals surface area (Å²) >= 11 is 2.71. The molecule has 0 radical (unpaired) electrons. The SMILES string of the molecule is COc1ccc(/C=C(\SCC(=O)O)c2nc3sc4c(c3c(=O)[nH]2)CCC4)cc1. The van der Waals surface area contributed by atoms with Gasteiger partial charge in [-0.2, -0.15) is 0 Å². The third kappa shape index (κ3) is 3.70. The summed E-state index contributed by atoms with van der Waals surface area (Å²) < 4.78 is 5.17. The first kappa shape index (κ1) is 18.8. The normalized spacial score (nSPS) is 13.7. The number of benzene rings is 1. The maximum Gasteiger partial charge on any atom is 0.313 e. The van der Waals surface area contributed by atoms with E-state index in [1.807, 2.05) is 30.3 Å². The molecule has 3 aromatic rings. The third-order valence-electron chi connectivity index (χ3n) is 4.57. The van der Waals surface area contributed by atoms with Crippen LogP contribution >= 0.6 is 23.1 Å². The first-order valence-electron chi connectivity index (χ1n) is 8.80. The molecule has 0 saturated carbocycles. The Morgan fingerprint density at radius 1 is 1.36 bits per heavy atom. The number of thioether (sulfide) groups is 1. The molecule has 0 unspecified atom stereocenters. The van der Waals surface area contributed by atoms with Crippen LogP contribution in [0.2, 0.25) is 0 Å². The Morgan fingerprint density at radius 2 is 2.14 bits per heavy atom. The van der Waals surface area contributed by atoms with E-state index < -0.39 is 5.97 Å². The molecule has 2 N–H and O–H groups in total. The number of nitrogens with zero attached hydrogens (tertiary/aromatic N) is 1. The maximum absolute atomic E-state index is 12.7. The van der Waals surface area contributed by atoms with Crippen molar-refractivity contribution in [1.82, 2.24) is 9.97 Å². The molecule has 4 rings (SSSR count). The third-order valence-corrected chi connectivity index (χ3v) is 6.77. The zero-order valence-electron chi connectivity index (χ0n) is 15.2. The molecule has 6 nitrogen and oxygen atoms in total. The molecule has 8 heteroatoms. The number of methoxy groups -OCH3 is 1. The number of fused-ring (bicyclic) bond motifs is 3. The highest BCUT2D eigenvalue weighted by Crippen LogP contribution is 2.36. The van der Waals surface area contributed by atoms with Gasteiger partial charge in [0.05, 0.1) is 23.2 Å². The number of nitrogens with one attached hydrogen (secondary N) is 1. The average molecular weight is 415 g/mol. The van der Waals surface area contributed by atoms with Gasteiger partial charge in [0.15, 0.2) is 0 Å². The minimum absolute atomic E-state index is 0.120. The fourth-order valence-electron chi connectivity index (χ4n) is 3.29. The van der Waals surface area contributed by atoms with Gasteiger partial charge in [-0.1, -0.05) is 12.1 Å². The fourth-order valence-corrected chi connectivity index (χ4v) is 5.28. The minimum Gasteiger partial charge on any atom is -0.497 e. The highest BCUT2D eigenvalue weighted by atomic mass is 32.2. The summed E-state index contributed by atoms with van der Waals surface area (Å²) in [5, 5.41) is 9.78. The highest BCUT2D eigenvalue weighted by Gasteiger charge is 2.22. The number of rotatable bonds is 6. The van der Waals surface area contributed by atoms with E-state index in [0.717, 1.165) is 52.7 Å². The van der Waals surface area contributed by atoms with E-state index >= 15 is 0 Å². The first-order valence-corrected chi connectivity index (χ1v) is 10.6. The molecule has 1 aliphatic carbocycles. The van der Waals surface area contributed by atoms with Crippen LogP contribution in [-0.4, -0.2) is 33.9 Å². The van der Waals surface area contributed by atoms with Crippen molar-refractivity contribution in [1.29, 1.82) is 0 Å². The van der Waals surface area contributed by atoms with Gasteiger partial charge in [0.25, 0.3) is 5.56 Å². The summed E-state index contributed by atoms with van der Waals surface area (Å²) in [5.74, 6) is 0.0894. The van der Waals surface area contributed by atoms with E-state index in [4.69, 9.17) is 9.84 Å². The summed E-state index contributed by atoms with van der Waals surface area (Å²) in [6, 6.07) is 7.40. The molecular formula is C20H18N2O4S2. The van der Waals surface area contributed by atoms with Crippen molar-refractivity contribution >= 4 is 50.3 Å². The standard InChI is InChI=1S/C20H18N2O4S2/c1-26-12-7-5-11(6-8-12)9-15(27-10-16(23)24)18-21-19(25)17-13-3-2-4-14(13)28-20(17)22-18/h5-9H,2-4,10H2,1H3,(H,23,24)(H,21,22,25)/b15-9-. The Labute approximate surface area is 169 Å². The van der Waals surface area contributed by atoms with E-state index in [1.54, 1.807) is 18.4 Å². The first-order chi connectivity index (χ1) is 13.5. The monoisotopic (exact) mass is 414 g/mol. The molecule has 0 saturated heterocycles. The van der Waals surface area contributed by atoms with Gasteiger partial charge in [0.1, 0.15) is 16.4 Å². The van der Waals surface area contributed by atoms with Gasteiger partial charge in [0, 0.05) is 4.88 Å². The van der Waals surface area contributed by atoms with Gasteiger partial charge in [-0.05, 0) is 48.6 Å². The number of aliphatic carboxylic acids is 1. The second kappa shape index (κ2) is 7.81. The van der Waals surface area contributed by atoms with Crippen LogP contribution in [0.3, 0.4) is 0 Å². The fraction of sp³-hybridized carbons (Fsp3) is 0.250. The van der Waals surface area contributed by atoms with Gasteiger partial charge >= 0.3 is 5.97 Å². The number of hydrogen-bond donors (Lipinski definition) is 2. The Hall–Kier alpha value is -2.58. The second-order valence-electron chi connectivity index (χ2n) is 6.42. The van der Waals surface area contributed by atoms with Gasteiger partial charge in [-0.3, -0.25) is 9.59 Å². The molecule has 0 bridgehead atoms. The number of aromatic amines is 1. The summed E-state index contributed by atoms with van der Waals surface area (Å²) in [6.07, 6.45) is 4.82. The lowest BCUT2D eigenvalue weighted by atomic mass is 10.2. The van der Waals surface area contributed by atoms with E-state index in [0.29, 0.717) is 16.1 Å². The molecule has 0 aliphatic heterocycles. The van der Waals surface area contributed by atoms with Crippen LogP contribution in [0.25, 0.3) is 21.2 Å². The molecule has 2 aromatic heterocycles. The topological polar surface area (TPSA) is 92.3 Å².